The van der Waals surface area contributed by atoms with Crippen molar-refractivity contribution in [2.45, 2.75) is 33.1 Å². The SMILES string of the molecule is C=C(/C=C/C1=C(C(/O)=C\C)CCCO1)CC(C)C(=C)c1cccc(F)c1. The van der Waals surface area contributed by atoms with E-state index in [1.165, 1.54) is 12.1 Å². The highest BCUT2D eigenvalue weighted by atomic mass is 19.1. The van der Waals surface area contributed by atoms with E-state index in [2.05, 4.69) is 20.1 Å². The van der Waals surface area contributed by atoms with Gasteiger partial charge in [0.25, 0.3) is 0 Å². The molecule has 0 fully saturated rings. The number of aliphatic hydroxyl groups is 1. The lowest BCUT2D eigenvalue weighted by Crippen LogP contribution is -2.07. The third kappa shape index (κ3) is 5.22. The fourth-order valence-electron chi connectivity index (χ4n) is 2.97. The standard InChI is InChI=1S/C23H27FO2/c1-5-22(25)21-10-7-13-26-23(21)12-11-16(2)14-17(3)18(4)19-8-6-9-20(24)15-19/h5-6,8-9,11-12,15,17,25H,2,4,7,10,13-14H2,1,3H3/b12-11+,22-5+. The Labute approximate surface area is 155 Å². The van der Waals surface area contributed by atoms with Crippen molar-refractivity contribution in [3.63, 3.8) is 0 Å². The van der Waals surface area contributed by atoms with Crippen LogP contribution in [0.4, 0.5) is 4.39 Å². The van der Waals surface area contributed by atoms with Crippen molar-refractivity contribution in [3.05, 3.63) is 89.7 Å². The van der Waals surface area contributed by atoms with E-state index in [1.807, 2.05) is 18.2 Å². The molecule has 0 aromatic heterocycles. The first kappa shape index (κ1) is 19.8. The molecule has 1 unspecified atom stereocenters. The number of aliphatic hydroxyl groups excluding tert-OH is 1. The molecule has 3 heteroatoms. The van der Waals surface area contributed by atoms with E-state index in [4.69, 9.17) is 4.74 Å². The maximum absolute atomic E-state index is 13.4. The molecule has 1 N–H and O–H groups in total. The van der Waals surface area contributed by atoms with Crippen molar-refractivity contribution >= 4 is 5.57 Å². The van der Waals surface area contributed by atoms with Gasteiger partial charge in [0.05, 0.1) is 6.61 Å². The summed E-state index contributed by atoms with van der Waals surface area (Å²) in [5, 5.41) is 10.0. The Hall–Kier alpha value is -2.55. The van der Waals surface area contributed by atoms with E-state index in [1.54, 1.807) is 19.1 Å². The summed E-state index contributed by atoms with van der Waals surface area (Å²) < 4.78 is 19.1. The summed E-state index contributed by atoms with van der Waals surface area (Å²) >= 11 is 0. The summed E-state index contributed by atoms with van der Waals surface area (Å²) in [7, 11) is 0. The highest BCUT2D eigenvalue weighted by Crippen LogP contribution is 2.29. The van der Waals surface area contributed by atoms with E-state index in [9.17, 15) is 9.50 Å². The minimum absolute atomic E-state index is 0.138. The topological polar surface area (TPSA) is 29.5 Å². The Morgan fingerprint density at radius 3 is 2.85 bits per heavy atom. The molecule has 1 aliphatic heterocycles. The van der Waals surface area contributed by atoms with Crippen molar-refractivity contribution in [1.82, 2.24) is 0 Å². The maximum Gasteiger partial charge on any atom is 0.126 e. The lowest BCUT2D eigenvalue weighted by molar-refractivity contribution is 0.196. The Bertz CT molecular complexity index is 768. The molecule has 2 rings (SSSR count). The fourth-order valence-corrected chi connectivity index (χ4v) is 2.97. The summed E-state index contributed by atoms with van der Waals surface area (Å²) in [5.74, 6) is 0.846. The Balaban J connectivity index is 2.04. The van der Waals surface area contributed by atoms with Crippen LogP contribution >= 0.6 is 0 Å². The minimum atomic E-state index is -0.257. The van der Waals surface area contributed by atoms with Crippen LogP contribution < -0.4 is 0 Å². The van der Waals surface area contributed by atoms with Gasteiger partial charge in [0.1, 0.15) is 17.3 Å². The van der Waals surface area contributed by atoms with Crippen molar-refractivity contribution < 1.29 is 14.2 Å². The van der Waals surface area contributed by atoms with Gasteiger partial charge in [-0.1, -0.05) is 43.9 Å². The number of ether oxygens (including phenoxy) is 1. The number of benzene rings is 1. The molecule has 26 heavy (non-hydrogen) atoms. The van der Waals surface area contributed by atoms with Crippen molar-refractivity contribution in [3.8, 4) is 0 Å². The van der Waals surface area contributed by atoms with Gasteiger partial charge in [-0.15, -0.1) is 0 Å². The molecule has 0 amide bonds. The number of hydrogen-bond donors (Lipinski definition) is 1. The lowest BCUT2D eigenvalue weighted by atomic mass is 9.90. The monoisotopic (exact) mass is 354 g/mol. The lowest BCUT2D eigenvalue weighted by Gasteiger charge is -2.19. The Morgan fingerprint density at radius 1 is 1.38 bits per heavy atom. The molecule has 0 saturated heterocycles. The summed E-state index contributed by atoms with van der Waals surface area (Å²) in [6, 6.07) is 6.50. The number of rotatable bonds is 7. The van der Waals surface area contributed by atoms with Crippen molar-refractivity contribution in [2.24, 2.45) is 5.92 Å². The normalized spacial score (nSPS) is 16.5. The molecule has 0 bridgehead atoms. The quantitative estimate of drug-likeness (QED) is 0.447. The largest absolute Gasteiger partial charge is 0.508 e. The summed E-state index contributed by atoms with van der Waals surface area (Å²) in [6.45, 7) is 12.7. The highest BCUT2D eigenvalue weighted by molar-refractivity contribution is 5.65. The van der Waals surface area contributed by atoms with Crippen LogP contribution in [0.5, 0.6) is 0 Å². The molecular formula is C23H27FO2. The van der Waals surface area contributed by atoms with Crippen LogP contribution in [0, 0.1) is 11.7 Å². The first-order chi connectivity index (χ1) is 12.4. The van der Waals surface area contributed by atoms with Gasteiger partial charge in [0.15, 0.2) is 0 Å². The zero-order valence-corrected chi connectivity index (χ0v) is 15.6. The van der Waals surface area contributed by atoms with Gasteiger partial charge >= 0.3 is 0 Å². The molecule has 1 atom stereocenters. The van der Waals surface area contributed by atoms with Gasteiger partial charge in [-0.05, 0) is 67.5 Å². The summed E-state index contributed by atoms with van der Waals surface area (Å²) in [6.07, 6.45) is 7.88. The summed E-state index contributed by atoms with van der Waals surface area (Å²) in [4.78, 5) is 0. The third-order valence-corrected chi connectivity index (χ3v) is 4.54. The molecule has 138 valence electrons. The second-order valence-corrected chi connectivity index (χ2v) is 6.60. The van der Waals surface area contributed by atoms with Gasteiger partial charge in [-0.3, -0.25) is 0 Å². The molecule has 1 aromatic carbocycles. The second kappa shape index (κ2) is 9.23. The molecule has 2 nitrogen and oxygen atoms in total. The molecule has 0 saturated carbocycles. The van der Waals surface area contributed by atoms with Gasteiger partial charge < -0.3 is 9.84 Å². The van der Waals surface area contributed by atoms with Crippen molar-refractivity contribution in [2.75, 3.05) is 6.61 Å². The molecule has 0 aliphatic carbocycles. The smallest absolute Gasteiger partial charge is 0.126 e. The fraction of sp³-hybridized carbons (Fsp3) is 0.304. The average Bonchev–Trinajstić information content (AvgIpc) is 2.65. The van der Waals surface area contributed by atoms with Crippen LogP contribution in [0.1, 0.15) is 38.7 Å². The van der Waals surface area contributed by atoms with Gasteiger partial charge in [-0.25, -0.2) is 4.39 Å². The first-order valence-electron chi connectivity index (χ1n) is 8.94. The van der Waals surface area contributed by atoms with E-state index < -0.39 is 0 Å². The minimum Gasteiger partial charge on any atom is -0.508 e. The predicted molar refractivity (Wildman–Crippen MR) is 106 cm³/mol. The van der Waals surface area contributed by atoms with E-state index in [-0.39, 0.29) is 17.5 Å². The third-order valence-electron chi connectivity index (χ3n) is 4.54. The zero-order chi connectivity index (χ0) is 19.1. The van der Waals surface area contributed by atoms with Gasteiger partial charge in [0, 0.05) is 5.57 Å². The van der Waals surface area contributed by atoms with Gasteiger partial charge in [0.2, 0.25) is 0 Å². The van der Waals surface area contributed by atoms with Crippen LogP contribution in [0.2, 0.25) is 0 Å². The van der Waals surface area contributed by atoms with Crippen LogP contribution in [0.3, 0.4) is 0 Å². The van der Waals surface area contributed by atoms with Crippen LogP contribution in [0.25, 0.3) is 5.57 Å². The average molecular weight is 354 g/mol. The molecule has 1 aliphatic rings. The Kier molecular flexibility index (Phi) is 7.02. The predicted octanol–water partition coefficient (Wildman–Crippen LogP) is 6.50. The van der Waals surface area contributed by atoms with Crippen molar-refractivity contribution in [1.29, 1.82) is 0 Å². The van der Waals surface area contributed by atoms with Crippen LogP contribution in [-0.4, -0.2) is 11.7 Å². The number of hydrogen-bond acceptors (Lipinski definition) is 2. The zero-order valence-electron chi connectivity index (χ0n) is 15.6. The molecule has 0 radical (unpaired) electrons. The molecule has 0 spiro atoms. The first-order valence-corrected chi connectivity index (χ1v) is 8.94. The number of halogens is 1. The van der Waals surface area contributed by atoms with Crippen LogP contribution in [-0.2, 0) is 4.74 Å². The van der Waals surface area contributed by atoms with Gasteiger partial charge in [-0.2, -0.15) is 0 Å². The van der Waals surface area contributed by atoms with E-state index in [0.717, 1.165) is 35.1 Å². The van der Waals surface area contributed by atoms with E-state index >= 15 is 0 Å². The van der Waals surface area contributed by atoms with E-state index in [0.29, 0.717) is 18.8 Å². The molecular weight excluding hydrogens is 327 g/mol. The Morgan fingerprint density at radius 2 is 2.15 bits per heavy atom. The second-order valence-electron chi connectivity index (χ2n) is 6.60. The van der Waals surface area contributed by atoms with Crippen LogP contribution in [0.15, 0.2) is 78.3 Å². The molecule has 1 aromatic rings. The number of allylic oxidation sites excluding steroid dienone is 6. The highest BCUT2D eigenvalue weighted by Gasteiger charge is 2.15. The summed E-state index contributed by atoms with van der Waals surface area (Å²) in [5.41, 5.74) is 3.46. The molecule has 1 heterocycles. The maximum atomic E-state index is 13.4.